The van der Waals surface area contributed by atoms with E-state index in [2.05, 4.69) is 21.4 Å². The molecule has 1 spiro atoms. The number of ether oxygens (including phenoxy) is 1. The zero-order valence-electron chi connectivity index (χ0n) is 12.2. The van der Waals surface area contributed by atoms with E-state index in [0.29, 0.717) is 18.1 Å². The van der Waals surface area contributed by atoms with Gasteiger partial charge in [0.05, 0.1) is 12.7 Å². The van der Waals surface area contributed by atoms with Gasteiger partial charge in [0.25, 0.3) is 0 Å². The van der Waals surface area contributed by atoms with Gasteiger partial charge in [-0.15, -0.1) is 6.58 Å². The first-order chi connectivity index (χ1) is 9.71. The van der Waals surface area contributed by atoms with Gasteiger partial charge in [-0.1, -0.05) is 6.08 Å². The van der Waals surface area contributed by atoms with Crippen molar-refractivity contribution in [2.75, 3.05) is 24.6 Å². The van der Waals surface area contributed by atoms with E-state index in [9.17, 15) is 0 Å². The van der Waals surface area contributed by atoms with Crippen LogP contribution in [0.2, 0.25) is 0 Å². The molecule has 1 aromatic rings. The first-order valence-electron chi connectivity index (χ1n) is 7.47. The lowest BCUT2D eigenvalue weighted by atomic mass is 9.61. The van der Waals surface area contributed by atoms with Crippen LogP contribution in [0.5, 0.6) is 0 Å². The Labute approximate surface area is 120 Å². The Bertz CT molecular complexity index is 455. The maximum Gasteiger partial charge on any atom is 0.225 e. The van der Waals surface area contributed by atoms with Crippen LogP contribution >= 0.6 is 0 Å². The van der Waals surface area contributed by atoms with Crippen LogP contribution in [0.4, 0.5) is 5.95 Å². The molecule has 1 saturated heterocycles. The van der Waals surface area contributed by atoms with Crippen LogP contribution in [0.25, 0.3) is 0 Å². The molecule has 0 bridgehead atoms. The Kier molecular flexibility index (Phi) is 3.74. The summed E-state index contributed by atoms with van der Waals surface area (Å²) in [4.78, 5) is 11.2. The van der Waals surface area contributed by atoms with E-state index in [-0.39, 0.29) is 0 Å². The van der Waals surface area contributed by atoms with Gasteiger partial charge in [0, 0.05) is 25.5 Å². The molecule has 4 heteroatoms. The summed E-state index contributed by atoms with van der Waals surface area (Å²) in [6.45, 7) is 8.54. The molecule has 1 aliphatic heterocycles. The summed E-state index contributed by atoms with van der Waals surface area (Å²) in [5.41, 5.74) is 1.64. The molecule has 1 saturated carbocycles. The molecule has 20 heavy (non-hydrogen) atoms. The summed E-state index contributed by atoms with van der Waals surface area (Å²) >= 11 is 0. The summed E-state index contributed by atoms with van der Waals surface area (Å²) in [7, 11) is 0. The van der Waals surface area contributed by atoms with Crippen LogP contribution in [-0.4, -0.2) is 35.8 Å². The molecule has 2 fully saturated rings. The molecule has 0 amide bonds. The van der Waals surface area contributed by atoms with Crippen molar-refractivity contribution in [1.82, 2.24) is 9.97 Å². The highest BCUT2D eigenvalue weighted by molar-refractivity contribution is 5.31. The number of hydrogen-bond donors (Lipinski definition) is 0. The van der Waals surface area contributed by atoms with E-state index in [1.165, 1.54) is 25.7 Å². The summed E-state index contributed by atoms with van der Waals surface area (Å²) in [6, 6.07) is 0. The number of nitrogens with zero attached hydrogens (tertiary/aromatic N) is 3. The first kappa shape index (κ1) is 13.6. The van der Waals surface area contributed by atoms with E-state index in [1.54, 1.807) is 0 Å². The van der Waals surface area contributed by atoms with E-state index in [0.717, 1.165) is 24.6 Å². The molecule has 1 aromatic heterocycles. The van der Waals surface area contributed by atoms with E-state index in [4.69, 9.17) is 4.74 Å². The van der Waals surface area contributed by atoms with Gasteiger partial charge < -0.3 is 9.64 Å². The molecule has 0 radical (unpaired) electrons. The molecule has 0 N–H and O–H groups in total. The highest BCUT2D eigenvalue weighted by Gasteiger charge is 2.46. The molecule has 2 heterocycles. The fourth-order valence-corrected chi connectivity index (χ4v) is 3.37. The lowest BCUT2D eigenvalue weighted by Crippen LogP contribution is -2.50. The minimum atomic E-state index is 0.454. The van der Waals surface area contributed by atoms with E-state index >= 15 is 0 Å². The highest BCUT2D eigenvalue weighted by Crippen LogP contribution is 2.50. The number of piperidine rings is 1. The smallest absolute Gasteiger partial charge is 0.225 e. The van der Waals surface area contributed by atoms with Gasteiger partial charge in [-0.2, -0.15) is 0 Å². The second-order valence-electron chi connectivity index (χ2n) is 6.20. The van der Waals surface area contributed by atoms with Crippen LogP contribution in [-0.2, 0) is 4.74 Å². The largest absolute Gasteiger partial charge is 0.374 e. The normalized spacial score (nSPS) is 21.8. The van der Waals surface area contributed by atoms with Gasteiger partial charge in [0.2, 0.25) is 5.95 Å². The second kappa shape index (κ2) is 5.52. The summed E-state index contributed by atoms with van der Waals surface area (Å²) < 4.78 is 5.72. The monoisotopic (exact) mass is 273 g/mol. The fraction of sp³-hybridized carbons (Fsp3) is 0.625. The standard InChI is InChI=1S/C16H23N3O/c1-3-8-20-14-9-16(10-14)4-6-19(7-5-16)15-17-11-13(2)12-18-15/h3,11-12,14H,1,4-10H2,2H3. The molecule has 4 nitrogen and oxygen atoms in total. The van der Waals surface area contributed by atoms with Crippen molar-refractivity contribution in [3.63, 3.8) is 0 Å². The van der Waals surface area contributed by atoms with Crippen molar-refractivity contribution in [3.05, 3.63) is 30.6 Å². The van der Waals surface area contributed by atoms with Crippen molar-refractivity contribution in [2.45, 2.75) is 38.7 Å². The Hall–Kier alpha value is -1.42. The predicted molar refractivity (Wildman–Crippen MR) is 79.8 cm³/mol. The maximum absolute atomic E-state index is 5.72. The van der Waals surface area contributed by atoms with Crippen molar-refractivity contribution in [2.24, 2.45) is 5.41 Å². The molecular weight excluding hydrogens is 250 g/mol. The van der Waals surface area contributed by atoms with Crippen molar-refractivity contribution >= 4 is 5.95 Å². The molecule has 0 unspecified atom stereocenters. The topological polar surface area (TPSA) is 38.2 Å². The molecule has 3 rings (SSSR count). The van der Waals surface area contributed by atoms with Crippen LogP contribution in [0, 0.1) is 12.3 Å². The average molecular weight is 273 g/mol. The molecule has 108 valence electrons. The summed E-state index contributed by atoms with van der Waals surface area (Å²) in [5, 5.41) is 0. The number of aromatic nitrogens is 2. The number of hydrogen-bond acceptors (Lipinski definition) is 4. The van der Waals surface area contributed by atoms with Crippen molar-refractivity contribution in [1.29, 1.82) is 0 Å². The van der Waals surface area contributed by atoms with Gasteiger partial charge in [0.15, 0.2) is 0 Å². The predicted octanol–water partition coefficient (Wildman–Crippen LogP) is 2.74. The Balaban J connectivity index is 1.50. The van der Waals surface area contributed by atoms with Crippen molar-refractivity contribution < 1.29 is 4.74 Å². The maximum atomic E-state index is 5.72. The fourth-order valence-electron chi connectivity index (χ4n) is 3.37. The minimum absolute atomic E-state index is 0.454. The van der Waals surface area contributed by atoms with Crippen LogP contribution in [0.15, 0.2) is 25.0 Å². The van der Waals surface area contributed by atoms with Gasteiger partial charge in [-0.3, -0.25) is 0 Å². The van der Waals surface area contributed by atoms with Crippen LogP contribution in [0.3, 0.4) is 0 Å². The summed E-state index contributed by atoms with van der Waals surface area (Å²) in [6.07, 6.45) is 11.0. The van der Waals surface area contributed by atoms with Gasteiger partial charge in [-0.25, -0.2) is 9.97 Å². The quantitative estimate of drug-likeness (QED) is 0.791. The minimum Gasteiger partial charge on any atom is -0.374 e. The third kappa shape index (κ3) is 2.70. The molecule has 0 atom stereocenters. The van der Waals surface area contributed by atoms with Crippen LogP contribution in [0.1, 0.15) is 31.2 Å². The third-order valence-corrected chi connectivity index (χ3v) is 4.65. The molecule has 2 aliphatic rings. The van der Waals surface area contributed by atoms with Gasteiger partial charge in [-0.05, 0) is 43.6 Å². The van der Waals surface area contributed by atoms with Gasteiger partial charge in [0.1, 0.15) is 0 Å². The van der Waals surface area contributed by atoms with E-state index < -0.39 is 0 Å². The van der Waals surface area contributed by atoms with E-state index in [1.807, 2.05) is 25.4 Å². The lowest BCUT2D eigenvalue weighted by Gasteiger charge is -2.51. The SMILES string of the molecule is C=CCOC1CC2(CCN(c3ncc(C)cn3)CC2)C1. The van der Waals surface area contributed by atoms with Gasteiger partial charge >= 0.3 is 0 Å². The second-order valence-corrected chi connectivity index (χ2v) is 6.20. The Morgan fingerprint density at radius 3 is 2.60 bits per heavy atom. The van der Waals surface area contributed by atoms with Crippen molar-refractivity contribution in [3.8, 4) is 0 Å². The van der Waals surface area contributed by atoms with Crippen LogP contribution < -0.4 is 4.90 Å². The number of aryl methyl sites for hydroxylation is 1. The molecule has 0 aromatic carbocycles. The Morgan fingerprint density at radius 2 is 2.00 bits per heavy atom. The molecular formula is C16H23N3O. The first-order valence-corrected chi connectivity index (χ1v) is 7.47. The average Bonchev–Trinajstić information content (AvgIpc) is 2.44. The zero-order chi connectivity index (χ0) is 14.0. The summed E-state index contributed by atoms with van der Waals surface area (Å²) in [5.74, 6) is 0.879. The molecule has 1 aliphatic carbocycles. The highest BCUT2D eigenvalue weighted by atomic mass is 16.5. The lowest BCUT2D eigenvalue weighted by molar-refractivity contribution is -0.0824. The number of anilines is 1. The zero-order valence-corrected chi connectivity index (χ0v) is 12.2. The Morgan fingerprint density at radius 1 is 1.35 bits per heavy atom. The number of rotatable bonds is 4. The third-order valence-electron chi connectivity index (χ3n) is 4.65.